The van der Waals surface area contributed by atoms with Crippen molar-refractivity contribution in [3.05, 3.63) is 39.7 Å². The average Bonchev–Trinajstić information content (AvgIpc) is 2.86. The largest absolute Gasteiger partial charge is 0.464 e. The Morgan fingerprint density at radius 1 is 1.30 bits per heavy atom. The maximum Gasteiger partial charge on any atom is 0.360 e. The third kappa shape index (κ3) is 2.81. The fourth-order valence-corrected chi connectivity index (χ4v) is 2.02. The number of rotatable bonds is 3. The first-order valence-electron chi connectivity index (χ1n) is 5.98. The number of hydrogen-bond donors (Lipinski definition) is 0. The van der Waals surface area contributed by atoms with Crippen molar-refractivity contribution < 1.29 is 13.9 Å². The summed E-state index contributed by atoms with van der Waals surface area (Å²) in [6.07, 6.45) is 0. The summed E-state index contributed by atoms with van der Waals surface area (Å²) in [6, 6.07) is 5.02. The zero-order chi connectivity index (χ0) is 14.9. The van der Waals surface area contributed by atoms with Crippen molar-refractivity contribution in [2.45, 2.75) is 19.8 Å². The molecule has 0 aliphatic rings. The smallest absolute Gasteiger partial charge is 0.360 e. The molecule has 0 aliphatic carbocycles. The molecule has 0 aliphatic heterocycles. The molecular weight excluding hydrogens is 301 g/mol. The van der Waals surface area contributed by atoms with Crippen LogP contribution >= 0.6 is 23.2 Å². The predicted octanol–water partition coefficient (Wildman–Crippen LogP) is 4.56. The lowest BCUT2D eigenvalue weighted by atomic mass is 10.1. The standard InChI is InChI=1S/C14H13Cl2NO3/c1-7(2)12-11(14(18)19-3)17-13(20-12)8-4-5-9(15)10(16)6-8/h4-7H,1-3H3. The second kappa shape index (κ2) is 5.85. The van der Waals surface area contributed by atoms with Gasteiger partial charge in [-0.25, -0.2) is 9.78 Å². The van der Waals surface area contributed by atoms with Crippen LogP contribution in [0, 0.1) is 0 Å². The van der Waals surface area contributed by atoms with E-state index in [1.54, 1.807) is 18.2 Å². The van der Waals surface area contributed by atoms with Crippen molar-refractivity contribution >= 4 is 29.2 Å². The average molecular weight is 314 g/mol. The van der Waals surface area contributed by atoms with Gasteiger partial charge in [-0.05, 0) is 18.2 Å². The van der Waals surface area contributed by atoms with Crippen molar-refractivity contribution in [1.29, 1.82) is 0 Å². The quantitative estimate of drug-likeness (QED) is 0.779. The summed E-state index contributed by atoms with van der Waals surface area (Å²) in [6.45, 7) is 3.82. The zero-order valence-electron chi connectivity index (χ0n) is 11.2. The van der Waals surface area contributed by atoms with Crippen LogP contribution < -0.4 is 0 Å². The lowest BCUT2D eigenvalue weighted by Crippen LogP contribution is -2.05. The zero-order valence-corrected chi connectivity index (χ0v) is 12.7. The number of halogens is 2. The lowest BCUT2D eigenvalue weighted by molar-refractivity contribution is 0.0591. The van der Waals surface area contributed by atoms with Crippen molar-refractivity contribution in [3.8, 4) is 11.5 Å². The molecule has 1 heterocycles. The van der Waals surface area contributed by atoms with Crippen LogP contribution in [0.5, 0.6) is 0 Å². The molecule has 0 bridgehead atoms. The number of hydrogen-bond acceptors (Lipinski definition) is 4. The molecule has 0 unspecified atom stereocenters. The summed E-state index contributed by atoms with van der Waals surface area (Å²) in [5.41, 5.74) is 0.833. The van der Waals surface area contributed by atoms with Crippen LogP contribution in [0.4, 0.5) is 0 Å². The third-order valence-electron chi connectivity index (χ3n) is 2.72. The molecule has 0 fully saturated rings. The minimum Gasteiger partial charge on any atom is -0.464 e. The van der Waals surface area contributed by atoms with E-state index in [2.05, 4.69) is 4.98 Å². The van der Waals surface area contributed by atoms with Crippen LogP contribution in [0.15, 0.2) is 22.6 Å². The molecule has 0 amide bonds. The highest BCUT2D eigenvalue weighted by atomic mass is 35.5. The van der Waals surface area contributed by atoms with Gasteiger partial charge in [-0.3, -0.25) is 0 Å². The minimum atomic E-state index is -0.524. The number of esters is 1. The molecule has 0 radical (unpaired) electrons. The Morgan fingerprint density at radius 3 is 2.55 bits per heavy atom. The number of nitrogens with zero attached hydrogens (tertiary/aromatic N) is 1. The Kier molecular flexibility index (Phi) is 4.35. The van der Waals surface area contributed by atoms with E-state index >= 15 is 0 Å². The van der Waals surface area contributed by atoms with Crippen molar-refractivity contribution in [1.82, 2.24) is 4.98 Å². The Bertz CT molecular complexity index is 650. The van der Waals surface area contributed by atoms with Gasteiger partial charge in [0.15, 0.2) is 5.69 Å². The van der Waals surface area contributed by atoms with Crippen LogP contribution in [0.25, 0.3) is 11.5 Å². The summed E-state index contributed by atoms with van der Waals surface area (Å²) in [5.74, 6) is 0.280. The molecule has 1 aromatic heterocycles. The highest BCUT2D eigenvalue weighted by Crippen LogP contribution is 2.31. The van der Waals surface area contributed by atoms with E-state index in [-0.39, 0.29) is 11.6 Å². The molecule has 0 atom stereocenters. The second-order valence-electron chi connectivity index (χ2n) is 4.51. The topological polar surface area (TPSA) is 52.3 Å². The lowest BCUT2D eigenvalue weighted by Gasteiger charge is -2.01. The van der Waals surface area contributed by atoms with Crippen LogP contribution in [0.3, 0.4) is 0 Å². The molecule has 0 spiro atoms. The number of aromatic nitrogens is 1. The summed E-state index contributed by atoms with van der Waals surface area (Å²) in [7, 11) is 1.31. The van der Waals surface area contributed by atoms with Crippen molar-refractivity contribution in [2.24, 2.45) is 0 Å². The first-order valence-corrected chi connectivity index (χ1v) is 6.74. The van der Waals surface area contributed by atoms with Crippen molar-refractivity contribution in [2.75, 3.05) is 7.11 Å². The van der Waals surface area contributed by atoms with E-state index < -0.39 is 5.97 Å². The number of carbonyl (C=O) groups is 1. The van der Waals surface area contributed by atoms with Gasteiger partial charge in [-0.2, -0.15) is 0 Å². The van der Waals surface area contributed by atoms with Gasteiger partial charge >= 0.3 is 5.97 Å². The molecular formula is C14H13Cl2NO3. The van der Waals surface area contributed by atoms with Crippen LogP contribution in [0.1, 0.15) is 36.0 Å². The highest BCUT2D eigenvalue weighted by Gasteiger charge is 2.23. The molecule has 6 heteroatoms. The number of ether oxygens (including phenoxy) is 1. The molecule has 2 aromatic rings. The van der Waals surface area contributed by atoms with Crippen LogP contribution in [-0.2, 0) is 4.74 Å². The molecule has 0 N–H and O–H groups in total. The van der Waals surface area contributed by atoms with Gasteiger partial charge in [0, 0.05) is 11.5 Å². The van der Waals surface area contributed by atoms with E-state index in [0.717, 1.165) is 0 Å². The summed E-state index contributed by atoms with van der Waals surface area (Å²) < 4.78 is 10.4. The van der Waals surface area contributed by atoms with E-state index in [1.165, 1.54) is 7.11 Å². The molecule has 2 rings (SSSR count). The van der Waals surface area contributed by atoms with Gasteiger partial charge in [-0.1, -0.05) is 37.0 Å². The molecule has 1 aromatic carbocycles. The van der Waals surface area contributed by atoms with E-state index in [0.29, 0.717) is 27.3 Å². The SMILES string of the molecule is COC(=O)c1nc(-c2ccc(Cl)c(Cl)c2)oc1C(C)C. The maximum atomic E-state index is 11.7. The normalized spacial score (nSPS) is 10.9. The van der Waals surface area contributed by atoms with E-state index in [9.17, 15) is 4.79 Å². The Labute approximate surface area is 126 Å². The first-order chi connectivity index (χ1) is 9.43. The van der Waals surface area contributed by atoms with Gasteiger partial charge in [-0.15, -0.1) is 0 Å². The fourth-order valence-electron chi connectivity index (χ4n) is 1.72. The molecule has 0 saturated heterocycles. The Balaban J connectivity index is 2.52. The van der Waals surface area contributed by atoms with Gasteiger partial charge in [0.05, 0.1) is 17.2 Å². The summed E-state index contributed by atoms with van der Waals surface area (Å²) in [4.78, 5) is 15.9. The fraction of sp³-hybridized carbons (Fsp3) is 0.286. The van der Waals surface area contributed by atoms with E-state index in [4.69, 9.17) is 32.4 Å². The van der Waals surface area contributed by atoms with Gasteiger partial charge < -0.3 is 9.15 Å². The Hall–Kier alpha value is -1.52. The maximum absolute atomic E-state index is 11.7. The van der Waals surface area contributed by atoms with Gasteiger partial charge in [0.25, 0.3) is 0 Å². The predicted molar refractivity (Wildman–Crippen MR) is 77.4 cm³/mol. The van der Waals surface area contributed by atoms with Gasteiger partial charge in [0.1, 0.15) is 5.76 Å². The molecule has 20 heavy (non-hydrogen) atoms. The minimum absolute atomic E-state index is 0.00752. The van der Waals surface area contributed by atoms with Crippen LogP contribution in [0.2, 0.25) is 10.0 Å². The molecule has 106 valence electrons. The number of methoxy groups -OCH3 is 1. The van der Waals surface area contributed by atoms with Crippen molar-refractivity contribution in [3.63, 3.8) is 0 Å². The van der Waals surface area contributed by atoms with E-state index in [1.807, 2.05) is 13.8 Å². The summed E-state index contributed by atoms with van der Waals surface area (Å²) >= 11 is 11.8. The summed E-state index contributed by atoms with van der Waals surface area (Å²) in [5, 5.41) is 0.840. The number of benzene rings is 1. The first kappa shape index (κ1) is 14.9. The Morgan fingerprint density at radius 2 is 2.00 bits per heavy atom. The van der Waals surface area contributed by atoms with Crippen LogP contribution in [-0.4, -0.2) is 18.1 Å². The molecule has 0 saturated carbocycles. The third-order valence-corrected chi connectivity index (χ3v) is 3.46. The second-order valence-corrected chi connectivity index (χ2v) is 5.32. The number of carbonyl (C=O) groups excluding carboxylic acids is 1. The van der Waals surface area contributed by atoms with Gasteiger partial charge in [0.2, 0.25) is 5.89 Å². The molecule has 4 nitrogen and oxygen atoms in total. The monoisotopic (exact) mass is 313 g/mol. The highest BCUT2D eigenvalue weighted by molar-refractivity contribution is 6.42. The number of oxazole rings is 1.